The zero-order chi connectivity index (χ0) is 23.4. The Balaban J connectivity index is 1.53. The molecule has 4 rings (SSSR count). The molecular weight excluding hydrogens is 460 g/mol. The first-order chi connectivity index (χ1) is 15.9. The molecule has 1 amide bonds. The normalized spacial score (nSPS) is 11.6. The number of methoxy groups -OCH3 is 1. The van der Waals surface area contributed by atoms with E-state index >= 15 is 0 Å². The first-order valence-corrected chi connectivity index (χ1v) is 11.3. The topological polar surface area (TPSA) is 86.2 Å². The maximum absolute atomic E-state index is 13.1. The maximum atomic E-state index is 13.1. The van der Waals surface area contributed by atoms with Crippen LogP contribution in [0.1, 0.15) is 34.6 Å². The van der Waals surface area contributed by atoms with Crippen molar-refractivity contribution in [3.63, 3.8) is 0 Å². The Bertz CT molecular complexity index is 1280. The summed E-state index contributed by atoms with van der Waals surface area (Å²) in [6.45, 7) is 3.78. The van der Waals surface area contributed by atoms with E-state index in [1.807, 2.05) is 56.3 Å². The average molecular weight is 481 g/mol. The lowest BCUT2D eigenvalue weighted by molar-refractivity contribution is 0.102. The Morgan fingerprint density at radius 1 is 1.09 bits per heavy atom. The van der Waals surface area contributed by atoms with Gasteiger partial charge in [0.15, 0.2) is 0 Å². The molecule has 1 atom stereocenters. The monoisotopic (exact) mass is 480 g/mol. The molecule has 0 saturated heterocycles. The molecule has 33 heavy (non-hydrogen) atoms. The number of para-hydroxylation sites is 1. The third-order valence-electron chi connectivity index (χ3n) is 4.93. The number of rotatable bonds is 7. The van der Waals surface area contributed by atoms with E-state index in [2.05, 4.69) is 20.5 Å². The van der Waals surface area contributed by atoms with Crippen LogP contribution in [0.3, 0.4) is 0 Å². The first kappa shape index (κ1) is 22.7. The first-order valence-electron chi connectivity index (χ1n) is 10.1. The Morgan fingerprint density at radius 2 is 1.85 bits per heavy atom. The lowest BCUT2D eigenvalue weighted by Gasteiger charge is -2.13. The van der Waals surface area contributed by atoms with Gasteiger partial charge in [0.05, 0.1) is 12.7 Å². The molecule has 9 heteroatoms. The minimum atomic E-state index is -0.350. The van der Waals surface area contributed by atoms with Crippen molar-refractivity contribution in [1.29, 1.82) is 0 Å². The van der Waals surface area contributed by atoms with E-state index in [4.69, 9.17) is 21.1 Å². The number of ether oxygens (including phenoxy) is 2. The third kappa shape index (κ3) is 5.30. The number of nitrogens with one attached hydrogen (secondary N) is 1. The number of benzene rings is 2. The van der Waals surface area contributed by atoms with Crippen LogP contribution in [-0.2, 0) is 0 Å². The van der Waals surface area contributed by atoms with Crippen molar-refractivity contribution < 1.29 is 14.3 Å². The van der Waals surface area contributed by atoms with E-state index in [1.165, 1.54) is 0 Å². The molecule has 0 spiro atoms. The molecule has 2 heterocycles. The smallest absolute Gasteiger partial charge is 0.296 e. The SMILES string of the molecule is COc1ccccc1-c1cc(C)ncc1C(=O)Nc1nnc(O[C@@H](C)c2ccc(Cl)cc2)s1. The van der Waals surface area contributed by atoms with E-state index in [9.17, 15) is 4.79 Å². The van der Waals surface area contributed by atoms with E-state index in [1.54, 1.807) is 25.4 Å². The zero-order valence-corrected chi connectivity index (χ0v) is 19.8. The Morgan fingerprint density at radius 3 is 2.61 bits per heavy atom. The molecule has 0 aliphatic heterocycles. The maximum Gasteiger partial charge on any atom is 0.296 e. The minimum Gasteiger partial charge on any atom is -0.496 e. The van der Waals surface area contributed by atoms with E-state index in [0.717, 1.165) is 33.7 Å². The molecule has 168 valence electrons. The number of anilines is 1. The standard InChI is InChI=1S/C24H21ClN4O3S/c1-14-12-19(18-6-4-5-7-21(18)31-3)20(13-26-14)22(30)27-23-28-29-24(33-23)32-15(2)16-8-10-17(25)11-9-16/h4-13,15H,1-3H3,(H,27,28,30)/t15-/m0/s1. The van der Waals surface area contributed by atoms with Crippen molar-refractivity contribution >= 4 is 34.0 Å². The molecule has 0 saturated carbocycles. The van der Waals surface area contributed by atoms with Gasteiger partial charge in [-0.2, -0.15) is 0 Å². The van der Waals surface area contributed by atoms with Crippen molar-refractivity contribution in [2.75, 3.05) is 12.4 Å². The fourth-order valence-electron chi connectivity index (χ4n) is 3.26. The number of nitrogens with zero attached hydrogens (tertiary/aromatic N) is 3. The van der Waals surface area contributed by atoms with E-state index in [-0.39, 0.29) is 12.0 Å². The van der Waals surface area contributed by atoms with Gasteiger partial charge >= 0.3 is 0 Å². The van der Waals surface area contributed by atoms with Gasteiger partial charge in [-0.25, -0.2) is 0 Å². The summed E-state index contributed by atoms with van der Waals surface area (Å²) in [6.07, 6.45) is 1.30. The second-order valence-electron chi connectivity index (χ2n) is 7.21. The van der Waals surface area contributed by atoms with Gasteiger partial charge in [0.2, 0.25) is 5.13 Å². The van der Waals surface area contributed by atoms with Crippen LogP contribution in [0.25, 0.3) is 11.1 Å². The van der Waals surface area contributed by atoms with E-state index < -0.39 is 0 Å². The number of hydrogen-bond donors (Lipinski definition) is 1. The van der Waals surface area contributed by atoms with Crippen LogP contribution in [0.15, 0.2) is 60.8 Å². The number of pyridine rings is 1. The zero-order valence-electron chi connectivity index (χ0n) is 18.2. The van der Waals surface area contributed by atoms with Gasteiger partial charge in [0.25, 0.3) is 11.1 Å². The van der Waals surface area contributed by atoms with Crippen molar-refractivity contribution in [2.45, 2.75) is 20.0 Å². The lowest BCUT2D eigenvalue weighted by Crippen LogP contribution is -2.14. The molecule has 2 aromatic heterocycles. The van der Waals surface area contributed by atoms with Crippen molar-refractivity contribution in [2.24, 2.45) is 0 Å². The Labute approximate surface area is 200 Å². The molecule has 0 fully saturated rings. The molecule has 1 N–H and O–H groups in total. The number of halogens is 1. The fourth-order valence-corrected chi connectivity index (χ4v) is 4.05. The number of carbonyl (C=O) groups excluding carboxylic acids is 1. The summed E-state index contributed by atoms with van der Waals surface area (Å²) in [5.74, 6) is 0.316. The number of hydrogen-bond acceptors (Lipinski definition) is 7. The Hall–Kier alpha value is -3.49. The van der Waals surface area contributed by atoms with Crippen LogP contribution in [0.2, 0.25) is 5.02 Å². The molecule has 2 aromatic carbocycles. The molecule has 7 nitrogen and oxygen atoms in total. The largest absolute Gasteiger partial charge is 0.496 e. The fraction of sp³-hybridized carbons (Fsp3) is 0.167. The molecule has 0 bridgehead atoms. The summed E-state index contributed by atoms with van der Waals surface area (Å²) in [5.41, 5.74) is 3.66. The van der Waals surface area contributed by atoms with Crippen molar-refractivity contribution in [3.05, 3.63) is 82.6 Å². The summed E-state index contributed by atoms with van der Waals surface area (Å²) in [6, 6.07) is 16.8. The number of amides is 1. The molecule has 4 aromatic rings. The summed E-state index contributed by atoms with van der Waals surface area (Å²) < 4.78 is 11.3. The quantitative estimate of drug-likeness (QED) is 0.351. The summed E-state index contributed by atoms with van der Waals surface area (Å²) in [4.78, 5) is 17.4. The predicted molar refractivity (Wildman–Crippen MR) is 129 cm³/mol. The van der Waals surface area contributed by atoms with Gasteiger partial charge in [0.1, 0.15) is 11.9 Å². The van der Waals surface area contributed by atoms with Crippen LogP contribution >= 0.6 is 22.9 Å². The van der Waals surface area contributed by atoms with Crippen molar-refractivity contribution in [1.82, 2.24) is 15.2 Å². The van der Waals surface area contributed by atoms with Gasteiger partial charge in [-0.15, -0.1) is 5.10 Å². The highest BCUT2D eigenvalue weighted by molar-refractivity contribution is 7.17. The highest BCUT2D eigenvalue weighted by atomic mass is 35.5. The van der Waals surface area contributed by atoms with Gasteiger partial charge in [0, 0.05) is 28.0 Å². The number of aryl methyl sites for hydroxylation is 1. The average Bonchev–Trinajstić information content (AvgIpc) is 3.25. The third-order valence-corrected chi connectivity index (χ3v) is 5.91. The second kappa shape index (κ2) is 9.97. The van der Waals surface area contributed by atoms with Crippen LogP contribution < -0.4 is 14.8 Å². The summed E-state index contributed by atoms with van der Waals surface area (Å²) >= 11 is 7.09. The lowest BCUT2D eigenvalue weighted by atomic mass is 9.99. The van der Waals surface area contributed by atoms with E-state index in [0.29, 0.717) is 26.7 Å². The minimum absolute atomic E-state index is 0.253. The van der Waals surface area contributed by atoms with Crippen LogP contribution in [0.5, 0.6) is 10.9 Å². The van der Waals surface area contributed by atoms with Crippen molar-refractivity contribution in [3.8, 4) is 22.1 Å². The molecular formula is C24H21ClN4O3S. The van der Waals surface area contributed by atoms with Gasteiger partial charge < -0.3 is 9.47 Å². The molecule has 0 aliphatic rings. The molecule has 0 radical (unpaired) electrons. The summed E-state index contributed by atoms with van der Waals surface area (Å²) in [7, 11) is 1.60. The van der Waals surface area contributed by atoms with Crippen LogP contribution in [0.4, 0.5) is 5.13 Å². The predicted octanol–water partition coefficient (Wildman–Crippen LogP) is 5.96. The van der Waals surface area contributed by atoms with Crippen LogP contribution in [0, 0.1) is 6.92 Å². The molecule has 0 unspecified atom stereocenters. The highest BCUT2D eigenvalue weighted by Crippen LogP contribution is 2.33. The highest BCUT2D eigenvalue weighted by Gasteiger charge is 2.19. The summed E-state index contributed by atoms with van der Waals surface area (Å²) in [5, 5.41) is 12.2. The van der Waals surface area contributed by atoms with Crippen LogP contribution in [-0.4, -0.2) is 28.2 Å². The van der Waals surface area contributed by atoms with Gasteiger partial charge in [-0.3, -0.25) is 15.1 Å². The second-order valence-corrected chi connectivity index (χ2v) is 8.59. The van der Waals surface area contributed by atoms with Gasteiger partial charge in [-0.05, 0) is 55.0 Å². The Kier molecular flexibility index (Phi) is 6.86. The number of aromatic nitrogens is 3. The molecule has 0 aliphatic carbocycles. The van der Waals surface area contributed by atoms with Gasteiger partial charge in [-0.1, -0.05) is 47.0 Å². The number of carbonyl (C=O) groups is 1.